The summed E-state index contributed by atoms with van der Waals surface area (Å²) >= 11 is 0. The van der Waals surface area contributed by atoms with Gasteiger partial charge in [-0.15, -0.1) is 0 Å². The fraction of sp³-hybridized carbons (Fsp3) is 0.923. The molecule has 0 heterocycles. The van der Waals surface area contributed by atoms with Gasteiger partial charge in [0.2, 0.25) is 0 Å². The molecule has 5 heteroatoms. The molecule has 0 fully saturated rings. The molecular weight excluding hydrogens is 232 g/mol. The standard InChI is InChI=1S/C13H28N2O3/c1-10(13(5,6)17)14-8-9-15(7)11(16)18-12(2,3)4/h10,14,17H,8-9H2,1-7H3. The van der Waals surface area contributed by atoms with Crippen LogP contribution in [-0.2, 0) is 4.74 Å². The predicted molar refractivity (Wildman–Crippen MR) is 72.6 cm³/mol. The third-order valence-electron chi connectivity index (χ3n) is 2.66. The van der Waals surface area contributed by atoms with Crippen LogP contribution in [0.4, 0.5) is 4.79 Å². The second-order valence-electron chi connectivity index (χ2n) is 6.23. The first-order chi connectivity index (χ1) is 7.93. The molecule has 1 amide bonds. The zero-order chi connectivity index (χ0) is 14.6. The molecule has 0 spiro atoms. The van der Waals surface area contributed by atoms with Gasteiger partial charge in [-0.1, -0.05) is 0 Å². The average molecular weight is 260 g/mol. The highest BCUT2D eigenvalue weighted by molar-refractivity contribution is 5.67. The lowest BCUT2D eigenvalue weighted by Crippen LogP contribution is -2.47. The van der Waals surface area contributed by atoms with E-state index in [-0.39, 0.29) is 12.1 Å². The molecule has 0 aliphatic carbocycles. The van der Waals surface area contributed by atoms with Crippen LogP contribution in [0.3, 0.4) is 0 Å². The van der Waals surface area contributed by atoms with Crippen LogP contribution in [0.2, 0.25) is 0 Å². The average Bonchev–Trinajstić information content (AvgIpc) is 2.12. The molecular formula is C13H28N2O3. The van der Waals surface area contributed by atoms with Crippen molar-refractivity contribution in [1.29, 1.82) is 0 Å². The van der Waals surface area contributed by atoms with Crippen molar-refractivity contribution >= 4 is 6.09 Å². The van der Waals surface area contributed by atoms with E-state index < -0.39 is 11.2 Å². The predicted octanol–water partition coefficient (Wildman–Crippen LogP) is 1.60. The summed E-state index contributed by atoms with van der Waals surface area (Å²) in [6.07, 6.45) is -0.333. The molecule has 0 radical (unpaired) electrons. The Bertz CT molecular complexity index is 266. The molecule has 0 bridgehead atoms. The van der Waals surface area contributed by atoms with Gasteiger partial charge in [-0.2, -0.15) is 0 Å². The lowest BCUT2D eigenvalue weighted by Gasteiger charge is -2.28. The molecule has 0 saturated carbocycles. The quantitative estimate of drug-likeness (QED) is 0.788. The van der Waals surface area contributed by atoms with E-state index in [4.69, 9.17) is 4.74 Å². The number of nitrogens with one attached hydrogen (secondary N) is 1. The maximum atomic E-state index is 11.7. The van der Waals surface area contributed by atoms with E-state index in [1.54, 1.807) is 20.9 Å². The Kier molecular flexibility index (Phi) is 6.10. The number of hydrogen-bond acceptors (Lipinski definition) is 4. The van der Waals surface area contributed by atoms with Crippen LogP contribution in [0.1, 0.15) is 41.5 Å². The normalized spacial score (nSPS) is 14.2. The van der Waals surface area contributed by atoms with Crippen LogP contribution in [0.5, 0.6) is 0 Å². The van der Waals surface area contributed by atoms with Crippen molar-refractivity contribution in [3.8, 4) is 0 Å². The van der Waals surface area contributed by atoms with Gasteiger partial charge in [0.1, 0.15) is 5.60 Å². The highest BCUT2D eigenvalue weighted by atomic mass is 16.6. The molecule has 0 rings (SSSR count). The first-order valence-corrected chi connectivity index (χ1v) is 6.33. The molecule has 0 aliphatic rings. The van der Waals surface area contributed by atoms with Gasteiger partial charge in [0.15, 0.2) is 0 Å². The molecule has 0 aromatic heterocycles. The lowest BCUT2D eigenvalue weighted by molar-refractivity contribution is 0.0278. The van der Waals surface area contributed by atoms with Crippen LogP contribution in [0.15, 0.2) is 0 Å². The SMILES string of the molecule is CC(NCCN(C)C(=O)OC(C)(C)C)C(C)(C)O. The Balaban J connectivity index is 3.98. The van der Waals surface area contributed by atoms with Crippen molar-refractivity contribution in [2.24, 2.45) is 0 Å². The van der Waals surface area contributed by atoms with Crippen LogP contribution < -0.4 is 5.32 Å². The van der Waals surface area contributed by atoms with Gasteiger partial charge in [0.05, 0.1) is 5.60 Å². The van der Waals surface area contributed by atoms with E-state index in [0.29, 0.717) is 13.1 Å². The van der Waals surface area contributed by atoms with E-state index in [1.165, 1.54) is 4.90 Å². The van der Waals surface area contributed by atoms with Crippen LogP contribution in [0, 0.1) is 0 Å². The fourth-order valence-corrected chi connectivity index (χ4v) is 1.13. The summed E-state index contributed by atoms with van der Waals surface area (Å²) in [5.74, 6) is 0. The molecule has 2 N–H and O–H groups in total. The van der Waals surface area contributed by atoms with Gasteiger partial charge in [-0.05, 0) is 41.5 Å². The van der Waals surface area contributed by atoms with Crippen molar-refractivity contribution in [2.75, 3.05) is 20.1 Å². The summed E-state index contributed by atoms with van der Waals surface area (Å²) in [5.41, 5.74) is -1.25. The van der Waals surface area contributed by atoms with Gasteiger partial charge >= 0.3 is 6.09 Å². The Morgan fingerprint density at radius 3 is 2.22 bits per heavy atom. The van der Waals surface area contributed by atoms with Crippen LogP contribution in [0.25, 0.3) is 0 Å². The summed E-state index contributed by atoms with van der Waals surface area (Å²) in [4.78, 5) is 13.2. The number of carbonyl (C=O) groups is 1. The number of carbonyl (C=O) groups excluding carboxylic acids is 1. The number of hydrogen-bond donors (Lipinski definition) is 2. The van der Waals surface area contributed by atoms with Crippen molar-refractivity contribution in [2.45, 2.75) is 58.8 Å². The van der Waals surface area contributed by atoms with Crippen molar-refractivity contribution in [3.63, 3.8) is 0 Å². The van der Waals surface area contributed by atoms with Gasteiger partial charge in [0, 0.05) is 26.2 Å². The maximum absolute atomic E-state index is 11.7. The van der Waals surface area contributed by atoms with E-state index in [2.05, 4.69) is 5.32 Å². The second kappa shape index (κ2) is 6.38. The van der Waals surface area contributed by atoms with Crippen molar-refractivity contribution in [1.82, 2.24) is 10.2 Å². The van der Waals surface area contributed by atoms with Crippen LogP contribution in [-0.4, -0.2) is 53.5 Å². The minimum atomic E-state index is -0.773. The van der Waals surface area contributed by atoms with E-state index >= 15 is 0 Å². The first-order valence-electron chi connectivity index (χ1n) is 6.33. The largest absolute Gasteiger partial charge is 0.444 e. The van der Waals surface area contributed by atoms with Crippen LogP contribution >= 0.6 is 0 Å². The minimum absolute atomic E-state index is 0.0375. The summed E-state index contributed by atoms with van der Waals surface area (Å²) in [7, 11) is 1.70. The molecule has 5 nitrogen and oxygen atoms in total. The third-order valence-corrected chi connectivity index (χ3v) is 2.66. The summed E-state index contributed by atoms with van der Waals surface area (Å²) in [6, 6.07) is -0.0375. The summed E-state index contributed by atoms with van der Waals surface area (Å²) < 4.78 is 5.23. The highest BCUT2D eigenvalue weighted by Gasteiger charge is 2.22. The van der Waals surface area contributed by atoms with Gasteiger partial charge in [-0.3, -0.25) is 0 Å². The Labute approximate surface area is 110 Å². The molecule has 0 aromatic rings. The van der Waals surface area contributed by atoms with E-state index in [0.717, 1.165) is 0 Å². The lowest BCUT2D eigenvalue weighted by atomic mass is 10.0. The number of ether oxygens (including phenoxy) is 1. The zero-order valence-electron chi connectivity index (χ0n) is 12.7. The van der Waals surface area contributed by atoms with E-state index in [9.17, 15) is 9.90 Å². The summed E-state index contributed by atoms with van der Waals surface area (Å²) in [5, 5.41) is 12.9. The third kappa shape index (κ3) is 7.50. The summed E-state index contributed by atoms with van der Waals surface area (Å²) in [6.45, 7) is 12.1. The van der Waals surface area contributed by atoms with Gasteiger partial charge < -0.3 is 20.1 Å². The molecule has 18 heavy (non-hydrogen) atoms. The van der Waals surface area contributed by atoms with E-state index in [1.807, 2.05) is 27.7 Å². The highest BCUT2D eigenvalue weighted by Crippen LogP contribution is 2.09. The van der Waals surface area contributed by atoms with Gasteiger partial charge in [-0.25, -0.2) is 4.79 Å². The Hall–Kier alpha value is -0.810. The number of nitrogens with zero attached hydrogens (tertiary/aromatic N) is 1. The first kappa shape index (κ1) is 17.2. The Morgan fingerprint density at radius 2 is 1.83 bits per heavy atom. The molecule has 0 saturated heterocycles. The number of likely N-dealkylation sites (N-methyl/N-ethyl adjacent to an activating group) is 1. The molecule has 1 unspecified atom stereocenters. The zero-order valence-corrected chi connectivity index (χ0v) is 12.7. The maximum Gasteiger partial charge on any atom is 0.410 e. The van der Waals surface area contributed by atoms with Crippen molar-refractivity contribution < 1.29 is 14.6 Å². The molecule has 108 valence electrons. The number of amides is 1. The molecule has 0 aromatic carbocycles. The van der Waals surface area contributed by atoms with Crippen molar-refractivity contribution in [3.05, 3.63) is 0 Å². The second-order valence-corrected chi connectivity index (χ2v) is 6.23. The smallest absolute Gasteiger partial charge is 0.410 e. The minimum Gasteiger partial charge on any atom is -0.444 e. The topological polar surface area (TPSA) is 61.8 Å². The molecule has 0 aliphatic heterocycles. The number of rotatable bonds is 5. The monoisotopic (exact) mass is 260 g/mol. The number of aliphatic hydroxyl groups is 1. The Morgan fingerprint density at radius 1 is 1.33 bits per heavy atom. The molecule has 1 atom stereocenters. The fourth-order valence-electron chi connectivity index (χ4n) is 1.13. The van der Waals surface area contributed by atoms with Gasteiger partial charge in [0.25, 0.3) is 0 Å².